The fourth-order valence-corrected chi connectivity index (χ4v) is 4.42. The number of benzene rings is 2. The molecule has 0 aliphatic carbocycles. The van der Waals surface area contributed by atoms with E-state index in [0.29, 0.717) is 36.1 Å². The fraction of sp³-hybridized carbons (Fsp3) is 0.480. The van der Waals surface area contributed by atoms with Crippen LogP contribution in [0.5, 0.6) is 5.75 Å². The van der Waals surface area contributed by atoms with Gasteiger partial charge in [0, 0.05) is 12.1 Å². The molecule has 6 nitrogen and oxygen atoms in total. The van der Waals surface area contributed by atoms with Gasteiger partial charge in [-0.1, -0.05) is 57.4 Å². The molecule has 0 radical (unpaired) electrons. The van der Waals surface area contributed by atoms with Gasteiger partial charge < -0.3 is 10.1 Å². The van der Waals surface area contributed by atoms with E-state index in [2.05, 4.69) is 19.2 Å². The highest BCUT2D eigenvalue weighted by molar-refractivity contribution is 7.92. The van der Waals surface area contributed by atoms with E-state index in [1.165, 1.54) is 17.0 Å². The molecule has 0 spiro atoms. The lowest BCUT2D eigenvalue weighted by molar-refractivity contribution is 0.0946. The van der Waals surface area contributed by atoms with Crippen LogP contribution < -0.4 is 14.4 Å². The maximum atomic E-state index is 12.5. The van der Waals surface area contributed by atoms with Crippen LogP contribution in [0.3, 0.4) is 0 Å². The van der Waals surface area contributed by atoms with Crippen LogP contribution in [-0.4, -0.2) is 33.7 Å². The van der Waals surface area contributed by atoms with Crippen LogP contribution in [0.1, 0.15) is 62.4 Å². The summed E-state index contributed by atoms with van der Waals surface area (Å²) in [5.41, 5.74) is 1.85. The third-order valence-corrected chi connectivity index (χ3v) is 6.60. The Bertz CT molecular complexity index is 958. The molecule has 0 saturated heterocycles. The van der Waals surface area contributed by atoms with E-state index in [1.54, 1.807) is 42.5 Å². The minimum Gasteiger partial charge on any atom is -0.492 e. The van der Waals surface area contributed by atoms with Crippen molar-refractivity contribution in [3.05, 3.63) is 59.7 Å². The summed E-state index contributed by atoms with van der Waals surface area (Å²) in [4.78, 5) is 12.5. The summed E-state index contributed by atoms with van der Waals surface area (Å²) in [6.45, 7) is 7.45. The zero-order chi connectivity index (χ0) is 23.6. The predicted octanol–water partition coefficient (Wildman–Crippen LogP) is 5.00. The van der Waals surface area contributed by atoms with Crippen molar-refractivity contribution in [2.75, 3.05) is 23.7 Å². The summed E-state index contributed by atoms with van der Waals surface area (Å²) in [6.07, 6.45) is 5.68. The average molecular weight is 461 g/mol. The van der Waals surface area contributed by atoms with E-state index in [1.807, 2.05) is 13.0 Å². The quantitative estimate of drug-likeness (QED) is 0.456. The molecule has 32 heavy (non-hydrogen) atoms. The number of hydrogen-bond donors (Lipinski definition) is 1. The van der Waals surface area contributed by atoms with Crippen LogP contribution in [0.4, 0.5) is 5.69 Å². The molecular formula is C25H36N2O4S. The fourth-order valence-electron chi connectivity index (χ4n) is 3.53. The topological polar surface area (TPSA) is 75.7 Å². The van der Waals surface area contributed by atoms with Crippen LogP contribution >= 0.6 is 0 Å². The van der Waals surface area contributed by atoms with Gasteiger partial charge in [0.2, 0.25) is 10.0 Å². The molecule has 0 heterocycles. The van der Waals surface area contributed by atoms with E-state index >= 15 is 0 Å². The van der Waals surface area contributed by atoms with Gasteiger partial charge in [-0.2, -0.15) is 0 Å². The lowest BCUT2D eigenvalue weighted by Gasteiger charge is -2.24. The first-order chi connectivity index (χ1) is 15.3. The molecule has 0 bridgehead atoms. The summed E-state index contributed by atoms with van der Waals surface area (Å²) in [6, 6.07) is 14.2. The lowest BCUT2D eigenvalue weighted by atomic mass is 9.99. The molecule has 2 aromatic rings. The molecule has 0 aliphatic heterocycles. The number of carbonyl (C=O) groups excluding carboxylic acids is 1. The predicted molar refractivity (Wildman–Crippen MR) is 131 cm³/mol. The van der Waals surface area contributed by atoms with Gasteiger partial charge in [-0.25, -0.2) is 8.42 Å². The molecule has 0 fully saturated rings. The molecule has 1 N–H and O–H groups in total. The standard InChI is InChI=1S/C25H36N2O4S/c1-5-8-11-20(6-2)18-26-25(28)22-16-14-21(15-17-22)19-27(32(4,29)30)23-12-9-10-13-24(23)31-7-3/h9-10,12-17,20H,5-8,11,18-19H2,1-4H3,(H,26,28)/t20-/m1/s1. The number of ether oxygens (including phenoxy) is 1. The number of carbonyl (C=O) groups is 1. The van der Waals surface area contributed by atoms with Gasteiger partial charge in [0.1, 0.15) is 5.75 Å². The number of hydrogen-bond acceptors (Lipinski definition) is 4. The van der Waals surface area contributed by atoms with Crippen molar-refractivity contribution in [1.29, 1.82) is 0 Å². The number of amides is 1. The highest BCUT2D eigenvalue weighted by Crippen LogP contribution is 2.31. The largest absolute Gasteiger partial charge is 0.492 e. The second kappa shape index (κ2) is 12.5. The summed E-state index contributed by atoms with van der Waals surface area (Å²) in [5.74, 6) is 0.907. The third kappa shape index (κ3) is 7.55. The Hall–Kier alpha value is -2.54. The van der Waals surface area contributed by atoms with Crippen molar-refractivity contribution >= 4 is 21.6 Å². The monoisotopic (exact) mass is 460 g/mol. The molecule has 0 aliphatic rings. The number of para-hydroxylation sites is 2. The summed E-state index contributed by atoms with van der Waals surface area (Å²) in [5, 5.41) is 3.03. The Morgan fingerprint density at radius 2 is 1.75 bits per heavy atom. The molecular weight excluding hydrogens is 424 g/mol. The minimum absolute atomic E-state index is 0.104. The molecule has 0 unspecified atom stereocenters. The Morgan fingerprint density at radius 3 is 2.34 bits per heavy atom. The average Bonchev–Trinajstić information content (AvgIpc) is 2.78. The summed E-state index contributed by atoms with van der Waals surface area (Å²) < 4.78 is 32.0. The highest BCUT2D eigenvalue weighted by atomic mass is 32.2. The van der Waals surface area contributed by atoms with Gasteiger partial charge >= 0.3 is 0 Å². The number of nitrogens with one attached hydrogen (secondary N) is 1. The summed E-state index contributed by atoms with van der Waals surface area (Å²) in [7, 11) is -3.54. The second-order valence-corrected chi connectivity index (χ2v) is 9.90. The van der Waals surface area contributed by atoms with Crippen molar-refractivity contribution in [2.45, 2.75) is 53.0 Å². The first-order valence-electron chi connectivity index (χ1n) is 11.4. The van der Waals surface area contributed by atoms with Crippen LogP contribution in [-0.2, 0) is 16.6 Å². The van der Waals surface area contributed by atoms with Crippen molar-refractivity contribution in [1.82, 2.24) is 5.32 Å². The zero-order valence-corrected chi connectivity index (χ0v) is 20.5. The maximum absolute atomic E-state index is 12.5. The maximum Gasteiger partial charge on any atom is 0.251 e. The Balaban J connectivity index is 2.11. The van der Waals surface area contributed by atoms with Gasteiger partial charge in [-0.05, 0) is 49.1 Å². The van der Waals surface area contributed by atoms with Gasteiger partial charge in [-0.3, -0.25) is 9.10 Å². The van der Waals surface area contributed by atoms with Crippen LogP contribution in [0.15, 0.2) is 48.5 Å². The molecule has 2 aromatic carbocycles. The van der Waals surface area contributed by atoms with E-state index in [4.69, 9.17) is 4.74 Å². The van der Waals surface area contributed by atoms with Crippen LogP contribution in [0.25, 0.3) is 0 Å². The zero-order valence-electron chi connectivity index (χ0n) is 19.6. The first-order valence-corrected chi connectivity index (χ1v) is 13.2. The van der Waals surface area contributed by atoms with E-state index < -0.39 is 10.0 Å². The number of anilines is 1. The third-order valence-electron chi connectivity index (χ3n) is 5.47. The van der Waals surface area contributed by atoms with E-state index in [9.17, 15) is 13.2 Å². The number of sulfonamides is 1. The number of nitrogens with zero attached hydrogens (tertiary/aromatic N) is 1. The van der Waals surface area contributed by atoms with Crippen LogP contribution in [0, 0.1) is 5.92 Å². The van der Waals surface area contributed by atoms with Crippen molar-refractivity contribution in [2.24, 2.45) is 5.92 Å². The minimum atomic E-state index is -3.54. The van der Waals surface area contributed by atoms with Crippen molar-refractivity contribution < 1.29 is 17.9 Å². The molecule has 176 valence electrons. The Morgan fingerprint density at radius 1 is 1.06 bits per heavy atom. The first kappa shape index (κ1) is 25.7. The SMILES string of the molecule is CCCC[C@@H](CC)CNC(=O)c1ccc(CN(c2ccccc2OCC)S(C)(=O)=O)cc1. The van der Waals surface area contributed by atoms with Crippen molar-refractivity contribution in [3.63, 3.8) is 0 Å². The molecule has 0 aromatic heterocycles. The smallest absolute Gasteiger partial charge is 0.251 e. The molecule has 1 atom stereocenters. The number of rotatable bonds is 13. The van der Waals surface area contributed by atoms with Gasteiger partial charge in [0.15, 0.2) is 0 Å². The van der Waals surface area contributed by atoms with Crippen LogP contribution in [0.2, 0.25) is 0 Å². The summed E-state index contributed by atoms with van der Waals surface area (Å²) >= 11 is 0. The van der Waals surface area contributed by atoms with E-state index in [0.717, 1.165) is 24.8 Å². The highest BCUT2D eigenvalue weighted by Gasteiger charge is 2.21. The van der Waals surface area contributed by atoms with Crippen molar-refractivity contribution in [3.8, 4) is 5.75 Å². The molecule has 1 amide bonds. The Labute approximate surface area is 193 Å². The van der Waals surface area contributed by atoms with Gasteiger partial charge in [0.05, 0.1) is 25.1 Å². The normalized spacial score (nSPS) is 12.2. The van der Waals surface area contributed by atoms with Gasteiger partial charge in [0.25, 0.3) is 5.91 Å². The number of unbranched alkanes of at least 4 members (excludes halogenated alkanes) is 1. The Kier molecular flexibility index (Phi) is 10.0. The lowest BCUT2D eigenvalue weighted by Crippen LogP contribution is -2.30. The van der Waals surface area contributed by atoms with Gasteiger partial charge in [-0.15, -0.1) is 0 Å². The molecule has 7 heteroatoms. The van der Waals surface area contributed by atoms with E-state index in [-0.39, 0.29) is 12.5 Å². The molecule has 2 rings (SSSR count). The molecule has 0 saturated carbocycles. The second-order valence-electron chi connectivity index (χ2n) is 7.99.